The number of halogens is 2. The third-order valence-corrected chi connectivity index (χ3v) is 3.61. The van der Waals surface area contributed by atoms with Crippen LogP contribution in [0.15, 0.2) is 48.5 Å². The zero-order chi connectivity index (χ0) is 14.5. The highest BCUT2D eigenvalue weighted by Gasteiger charge is 2.12. The van der Waals surface area contributed by atoms with Crippen molar-refractivity contribution in [2.24, 2.45) is 0 Å². The smallest absolute Gasteiger partial charge is 0.260 e. The second-order valence-electron chi connectivity index (χ2n) is 3.87. The van der Waals surface area contributed by atoms with E-state index in [1.165, 1.54) is 18.2 Å². The summed E-state index contributed by atoms with van der Waals surface area (Å²) >= 11 is 7.20. The maximum atomic E-state index is 13.5. The molecule has 0 unspecified atom stereocenters. The van der Waals surface area contributed by atoms with Gasteiger partial charge in [0.05, 0.1) is 11.3 Å². The molecular formula is C14H10FIN2OS. The van der Waals surface area contributed by atoms with Crippen molar-refractivity contribution in [3.05, 3.63) is 63.5 Å². The van der Waals surface area contributed by atoms with Gasteiger partial charge in [-0.25, -0.2) is 4.39 Å². The highest BCUT2D eigenvalue weighted by molar-refractivity contribution is 14.1. The summed E-state index contributed by atoms with van der Waals surface area (Å²) in [5.74, 6) is -1.16. The lowest BCUT2D eigenvalue weighted by Gasteiger charge is -2.11. The van der Waals surface area contributed by atoms with Gasteiger partial charge in [0.25, 0.3) is 5.91 Å². The molecule has 0 bridgehead atoms. The van der Waals surface area contributed by atoms with E-state index in [4.69, 9.17) is 12.2 Å². The van der Waals surface area contributed by atoms with Crippen molar-refractivity contribution >= 4 is 51.5 Å². The Labute approximate surface area is 134 Å². The summed E-state index contributed by atoms with van der Waals surface area (Å²) < 4.78 is 14.4. The van der Waals surface area contributed by atoms with Crippen molar-refractivity contribution in [2.75, 3.05) is 5.32 Å². The van der Waals surface area contributed by atoms with Crippen LogP contribution < -0.4 is 10.6 Å². The minimum atomic E-state index is -0.581. The fourth-order valence-electron chi connectivity index (χ4n) is 1.53. The Balaban J connectivity index is 2.04. The molecule has 2 N–H and O–H groups in total. The first-order valence-electron chi connectivity index (χ1n) is 5.69. The van der Waals surface area contributed by atoms with Crippen LogP contribution in [0.25, 0.3) is 0 Å². The number of benzene rings is 2. The van der Waals surface area contributed by atoms with Crippen molar-refractivity contribution < 1.29 is 9.18 Å². The third kappa shape index (κ3) is 3.73. The molecule has 1 amide bonds. The molecule has 3 nitrogen and oxygen atoms in total. The summed E-state index contributed by atoms with van der Waals surface area (Å²) in [7, 11) is 0. The molecule has 0 saturated carbocycles. The highest BCUT2D eigenvalue weighted by Crippen LogP contribution is 2.16. The summed E-state index contributed by atoms with van der Waals surface area (Å²) in [5.41, 5.74) is 0.742. The van der Waals surface area contributed by atoms with Crippen LogP contribution in [0.1, 0.15) is 10.4 Å². The Hall–Kier alpha value is -1.54. The van der Waals surface area contributed by atoms with Crippen LogP contribution in [0.2, 0.25) is 0 Å². The molecule has 0 atom stereocenters. The number of hydrogen-bond donors (Lipinski definition) is 2. The number of para-hydroxylation sites is 1. The van der Waals surface area contributed by atoms with Crippen LogP contribution in [0.3, 0.4) is 0 Å². The molecule has 20 heavy (non-hydrogen) atoms. The fraction of sp³-hybridized carbons (Fsp3) is 0. The Morgan fingerprint density at radius 2 is 1.75 bits per heavy atom. The topological polar surface area (TPSA) is 41.1 Å². The number of nitrogens with one attached hydrogen (secondary N) is 2. The summed E-state index contributed by atoms with van der Waals surface area (Å²) in [5, 5.41) is 5.48. The maximum absolute atomic E-state index is 13.5. The summed E-state index contributed by atoms with van der Waals surface area (Å²) in [6, 6.07) is 13.2. The number of anilines is 1. The van der Waals surface area contributed by atoms with Crippen molar-refractivity contribution in [1.82, 2.24) is 5.32 Å². The van der Waals surface area contributed by atoms with Gasteiger partial charge < -0.3 is 5.32 Å². The van der Waals surface area contributed by atoms with Gasteiger partial charge in [0.2, 0.25) is 0 Å². The standard InChI is InChI=1S/C14H10FIN2OS/c15-10-6-2-1-5-9(10)13(19)18-14(20)17-12-8-4-3-7-11(12)16/h1-8H,(H2,17,18,19,20). The first kappa shape index (κ1) is 14.9. The molecule has 0 heterocycles. The van der Waals surface area contributed by atoms with Crippen LogP contribution in [-0.4, -0.2) is 11.0 Å². The number of carbonyl (C=O) groups excluding carboxylic acids is 1. The van der Waals surface area contributed by atoms with E-state index in [9.17, 15) is 9.18 Å². The van der Waals surface area contributed by atoms with Crippen LogP contribution in [0, 0.1) is 9.39 Å². The Morgan fingerprint density at radius 3 is 2.45 bits per heavy atom. The van der Waals surface area contributed by atoms with E-state index in [1.807, 2.05) is 24.3 Å². The molecule has 0 saturated heterocycles. The summed E-state index contributed by atoms with van der Waals surface area (Å²) in [4.78, 5) is 11.9. The van der Waals surface area contributed by atoms with Gasteiger partial charge in [-0.15, -0.1) is 0 Å². The van der Waals surface area contributed by atoms with Crippen molar-refractivity contribution in [3.8, 4) is 0 Å². The van der Waals surface area contributed by atoms with Gasteiger partial charge in [-0.3, -0.25) is 10.1 Å². The van der Waals surface area contributed by atoms with Gasteiger partial charge in [-0.05, 0) is 59.1 Å². The molecule has 0 aliphatic heterocycles. The third-order valence-electron chi connectivity index (χ3n) is 2.47. The monoisotopic (exact) mass is 400 g/mol. The highest BCUT2D eigenvalue weighted by atomic mass is 127. The normalized spacial score (nSPS) is 9.90. The van der Waals surface area contributed by atoms with E-state index >= 15 is 0 Å². The van der Waals surface area contributed by atoms with Gasteiger partial charge in [0.15, 0.2) is 5.11 Å². The Kier molecular flexibility index (Phi) is 5.02. The van der Waals surface area contributed by atoms with Crippen LogP contribution in [-0.2, 0) is 0 Å². The zero-order valence-electron chi connectivity index (χ0n) is 10.2. The molecule has 0 radical (unpaired) electrons. The predicted octanol–water partition coefficient (Wildman–Crippen LogP) is 3.56. The van der Waals surface area contributed by atoms with Crippen LogP contribution in [0.4, 0.5) is 10.1 Å². The molecule has 6 heteroatoms. The molecule has 2 aromatic rings. The SMILES string of the molecule is O=C(NC(=S)Nc1ccccc1I)c1ccccc1F. The van der Waals surface area contributed by atoms with Gasteiger partial charge in [0, 0.05) is 3.57 Å². The number of carbonyl (C=O) groups is 1. The van der Waals surface area contributed by atoms with Crippen molar-refractivity contribution in [3.63, 3.8) is 0 Å². The van der Waals surface area contributed by atoms with E-state index in [0.717, 1.165) is 9.26 Å². The molecular weight excluding hydrogens is 390 g/mol. The molecule has 0 aliphatic carbocycles. The fourth-order valence-corrected chi connectivity index (χ4v) is 2.26. The Bertz CT molecular complexity index is 663. The second-order valence-corrected chi connectivity index (χ2v) is 5.44. The van der Waals surface area contributed by atoms with E-state index < -0.39 is 11.7 Å². The van der Waals surface area contributed by atoms with E-state index in [1.54, 1.807) is 6.07 Å². The molecule has 0 aromatic heterocycles. The number of rotatable bonds is 2. The summed E-state index contributed by atoms with van der Waals surface area (Å²) in [6.07, 6.45) is 0. The molecule has 0 spiro atoms. The van der Waals surface area contributed by atoms with Crippen LogP contribution in [0.5, 0.6) is 0 Å². The van der Waals surface area contributed by atoms with Gasteiger partial charge >= 0.3 is 0 Å². The first-order chi connectivity index (χ1) is 9.58. The lowest BCUT2D eigenvalue weighted by molar-refractivity contribution is 0.0974. The van der Waals surface area contributed by atoms with Crippen LogP contribution >= 0.6 is 34.8 Å². The lowest BCUT2D eigenvalue weighted by atomic mass is 10.2. The minimum Gasteiger partial charge on any atom is -0.332 e. The van der Waals surface area contributed by atoms with Crippen molar-refractivity contribution in [1.29, 1.82) is 0 Å². The average molecular weight is 400 g/mol. The number of hydrogen-bond acceptors (Lipinski definition) is 2. The predicted molar refractivity (Wildman–Crippen MR) is 89.2 cm³/mol. The number of thiocarbonyl (C=S) groups is 1. The summed E-state index contributed by atoms with van der Waals surface area (Å²) in [6.45, 7) is 0. The van der Waals surface area contributed by atoms with Gasteiger partial charge in [0.1, 0.15) is 5.82 Å². The second kappa shape index (κ2) is 6.76. The molecule has 2 rings (SSSR count). The maximum Gasteiger partial charge on any atom is 0.260 e. The molecule has 0 aliphatic rings. The average Bonchev–Trinajstić information content (AvgIpc) is 2.41. The minimum absolute atomic E-state index is 0.0422. The van der Waals surface area contributed by atoms with Crippen molar-refractivity contribution in [2.45, 2.75) is 0 Å². The molecule has 102 valence electrons. The zero-order valence-corrected chi connectivity index (χ0v) is 13.2. The molecule has 0 fully saturated rings. The van der Waals surface area contributed by atoms with Gasteiger partial charge in [-0.1, -0.05) is 24.3 Å². The quantitative estimate of drug-likeness (QED) is 0.599. The largest absolute Gasteiger partial charge is 0.332 e. The van der Waals surface area contributed by atoms with E-state index in [0.29, 0.717) is 0 Å². The van der Waals surface area contributed by atoms with Gasteiger partial charge in [-0.2, -0.15) is 0 Å². The first-order valence-corrected chi connectivity index (χ1v) is 7.18. The lowest BCUT2D eigenvalue weighted by Crippen LogP contribution is -2.34. The van der Waals surface area contributed by atoms with E-state index in [-0.39, 0.29) is 10.7 Å². The molecule has 2 aromatic carbocycles. The number of amides is 1. The van der Waals surface area contributed by atoms with E-state index in [2.05, 4.69) is 33.2 Å². The Morgan fingerprint density at radius 1 is 1.10 bits per heavy atom.